The molecule has 25 heavy (non-hydrogen) atoms. The van der Waals surface area contributed by atoms with E-state index >= 15 is 0 Å². The second-order valence-corrected chi connectivity index (χ2v) is 5.79. The molecule has 0 aliphatic rings. The standard InChI is InChI=1S/C18H16ClFN2O3/c1-24-12-8-16-13(17(9-12)25-2)5-6-22(16)10-18(23)21-11-3-4-15(20)14(19)7-11/h3-9H,10H2,1-2H3,(H,21,23). The number of hydrogen-bond acceptors (Lipinski definition) is 3. The first-order valence-corrected chi connectivity index (χ1v) is 7.85. The van der Waals surface area contributed by atoms with Crippen LogP contribution < -0.4 is 14.8 Å². The minimum atomic E-state index is -0.532. The molecule has 0 atom stereocenters. The van der Waals surface area contributed by atoms with Gasteiger partial charge in [-0.15, -0.1) is 0 Å². The number of ether oxygens (including phenoxy) is 2. The molecule has 1 heterocycles. The van der Waals surface area contributed by atoms with Gasteiger partial charge in [-0.1, -0.05) is 11.6 Å². The van der Waals surface area contributed by atoms with E-state index in [1.807, 2.05) is 12.1 Å². The number of fused-ring (bicyclic) bond motifs is 1. The van der Waals surface area contributed by atoms with Crippen LogP contribution in [0, 0.1) is 5.82 Å². The van der Waals surface area contributed by atoms with Gasteiger partial charge < -0.3 is 19.4 Å². The number of hydrogen-bond donors (Lipinski definition) is 1. The lowest BCUT2D eigenvalue weighted by Gasteiger charge is -2.10. The van der Waals surface area contributed by atoms with Gasteiger partial charge in [-0.3, -0.25) is 4.79 Å². The number of halogens is 2. The second kappa shape index (κ2) is 7.03. The van der Waals surface area contributed by atoms with E-state index in [-0.39, 0.29) is 17.5 Å². The Labute approximate surface area is 148 Å². The first-order valence-electron chi connectivity index (χ1n) is 7.47. The highest BCUT2D eigenvalue weighted by Gasteiger charge is 2.12. The highest BCUT2D eigenvalue weighted by molar-refractivity contribution is 6.31. The minimum Gasteiger partial charge on any atom is -0.497 e. The van der Waals surface area contributed by atoms with Crippen LogP contribution in [0.5, 0.6) is 11.5 Å². The number of amides is 1. The third kappa shape index (κ3) is 3.53. The molecule has 0 saturated carbocycles. The molecule has 3 rings (SSSR count). The summed E-state index contributed by atoms with van der Waals surface area (Å²) in [5.74, 6) is 0.506. The van der Waals surface area contributed by atoms with E-state index in [0.717, 1.165) is 10.9 Å². The van der Waals surface area contributed by atoms with Gasteiger partial charge in [0.2, 0.25) is 5.91 Å². The van der Waals surface area contributed by atoms with Crippen molar-refractivity contribution in [1.82, 2.24) is 4.57 Å². The minimum absolute atomic E-state index is 0.0429. The lowest BCUT2D eigenvalue weighted by molar-refractivity contribution is -0.116. The van der Waals surface area contributed by atoms with Crippen molar-refractivity contribution in [1.29, 1.82) is 0 Å². The summed E-state index contributed by atoms with van der Waals surface area (Å²) in [5.41, 5.74) is 1.24. The summed E-state index contributed by atoms with van der Waals surface area (Å²) in [6.07, 6.45) is 1.80. The number of carbonyl (C=O) groups excluding carboxylic acids is 1. The van der Waals surface area contributed by atoms with Gasteiger partial charge in [0.15, 0.2) is 0 Å². The molecule has 5 nitrogen and oxygen atoms in total. The molecule has 3 aromatic rings. The van der Waals surface area contributed by atoms with Crippen molar-refractivity contribution in [2.75, 3.05) is 19.5 Å². The van der Waals surface area contributed by atoms with Gasteiger partial charge in [-0.2, -0.15) is 0 Å². The summed E-state index contributed by atoms with van der Waals surface area (Å²) in [6, 6.07) is 9.52. The van der Waals surface area contributed by atoms with Gasteiger partial charge >= 0.3 is 0 Å². The lowest BCUT2D eigenvalue weighted by Crippen LogP contribution is -2.18. The maximum Gasteiger partial charge on any atom is 0.244 e. The molecular weight excluding hydrogens is 347 g/mol. The van der Waals surface area contributed by atoms with Crippen molar-refractivity contribution >= 4 is 34.1 Å². The van der Waals surface area contributed by atoms with Crippen LogP contribution in [-0.4, -0.2) is 24.7 Å². The van der Waals surface area contributed by atoms with Crippen LogP contribution in [0.3, 0.4) is 0 Å². The first-order chi connectivity index (χ1) is 12.0. The van der Waals surface area contributed by atoms with E-state index in [0.29, 0.717) is 17.2 Å². The Bertz CT molecular complexity index is 939. The molecule has 1 aromatic heterocycles. The summed E-state index contributed by atoms with van der Waals surface area (Å²) in [4.78, 5) is 12.3. The molecule has 0 bridgehead atoms. The number of nitrogens with one attached hydrogen (secondary N) is 1. The van der Waals surface area contributed by atoms with Crippen molar-refractivity contribution in [3.63, 3.8) is 0 Å². The van der Waals surface area contributed by atoms with Crippen LogP contribution in [0.15, 0.2) is 42.6 Å². The average Bonchev–Trinajstić information content (AvgIpc) is 3.00. The molecule has 130 valence electrons. The van der Waals surface area contributed by atoms with Crippen LogP contribution in [0.4, 0.5) is 10.1 Å². The fourth-order valence-corrected chi connectivity index (χ4v) is 2.77. The van der Waals surface area contributed by atoms with E-state index in [2.05, 4.69) is 5.32 Å². The lowest BCUT2D eigenvalue weighted by atomic mass is 10.2. The first kappa shape index (κ1) is 17.1. The van der Waals surface area contributed by atoms with Crippen LogP contribution in [0.1, 0.15) is 0 Å². The Morgan fingerprint density at radius 1 is 1.20 bits per heavy atom. The molecule has 2 aromatic carbocycles. The zero-order chi connectivity index (χ0) is 18.0. The van der Waals surface area contributed by atoms with Crippen LogP contribution >= 0.6 is 11.6 Å². The number of nitrogens with zero attached hydrogens (tertiary/aromatic N) is 1. The molecule has 0 aliphatic heterocycles. The van der Waals surface area contributed by atoms with Crippen molar-refractivity contribution in [2.45, 2.75) is 6.54 Å². The molecule has 0 radical (unpaired) electrons. The number of benzene rings is 2. The zero-order valence-corrected chi connectivity index (χ0v) is 14.4. The SMILES string of the molecule is COc1cc(OC)c2ccn(CC(=O)Nc3ccc(F)c(Cl)c3)c2c1. The Morgan fingerprint density at radius 3 is 2.68 bits per heavy atom. The fraction of sp³-hybridized carbons (Fsp3) is 0.167. The van der Waals surface area contributed by atoms with Crippen LogP contribution in [-0.2, 0) is 11.3 Å². The van der Waals surface area contributed by atoms with Crippen LogP contribution in [0.25, 0.3) is 10.9 Å². The molecule has 0 unspecified atom stereocenters. The molecule has 0 fully saturated rings. The largest absolute Gasteiger partial charge is 0.497 e. The van der Waals surface area contributed by atoms with Gasteiger partial charge in [0.05, 0.1) is 24.8 Å². The monoisotopic (exact) mass is 362 g/mol. The molecule has 1 N–H and O–H groups in total. The summed E-state index contributed by atoms with van der Waals surface area (Å²) in [5, 5.41) is 3.53. The van der Waals surface area contributed by atoms with E-state index in [1.165, 1.54) is 18.2 Å². The Balaban J connectivity index is 1.84. The topological polar surface area (TPSA) is 52.5 Å². The van der Waals surface area contributed by atoms with E-state index in [9.17, 15) is 9.18 Å². The average molecular weight is 363 g/mol. The van der Waals surface area contributed by atoms with Gasteiger partial charge in [0, 0.05) is 29.4 Å². The fourth-order valence-electron chi connectivity index (χ4n) is 2.59. The molecule has 7 heteroatoms. The van der Waals surface area contributed by atoms with Gasteiger partial charge in [0.1, 0.15) is 23.9 Å². The summed E-state index contributed by atoms with van der Waals surface area (Å²) < 4.78 is 25.6. The van der Waals surface area contributed by atoms with Crippen molar-refractivity contribution in [3.05, 3.63) is 53.4 Å². The normalized spacial score (nSPS) is 10.7. The van der Waals surface area contributed by atoms with Crippen molar-refractivity contribution in [3.8, 4) is 11.5 Å². The van der Waals surface area contributed by atoms with E-state index in [1.54, 1.807) is 31.0 Å². The third-order valence-corrected chi connectivity index (χ3v) is 4.09. The van der Waals surface area contributed by atoms with Gasteiger partial charge in [-0.25, -0.2) is 4.39 Å². The summed E-state index contributed by atoms with van der Waals surface area (Å²) >= 11 is 5.73. The maximum absolute atomic E-state index is 13.2. The third-order valence-electron chi connectivity index (χ3n) is 3.80. The van der Waals surface area contributed by atoms with Gasteiger partial charge in [-0.05, 0) is 24.3 Å². The number of carbonyl (C=O) groups is 1. The van der Waals surface area contributed by atoms with E-state index in [4.69, 9.17) is 21.1 Å². The van der Waals surface area contributed by atoms with Crippen molar-refractivity contribution < 1.29 is 18.7 Å². The molecular formula is C18H16ClFN2O3. The number of aromatic nitrogens is 1. The quantitative estimate of drug-likeness (QED) is 0.743. The number of anilines is 1. The second-order valence-electron chi connectivity index (χ2n) is 5.38. The van der Waals surface area contributed by atoms with Crippen LogP contribution in [0.2, 0.25) is 5.02 Å². The molecule has 1 amide bonds. The van der Waals surface area contributed by atoms with Crippen molar-refractivity contribution in [2.24, 2.45) is 0 Å². The Morgan fingerprint density at radius 2 is 2.00 bits per heavy atom. The Kier molecular flexibility index (Phi) is 4.81. The number of rotatable bonds is 5. The predicted molar refractivity (Wildman–Crippen MR) is 95.1 cm³/mol. The highest BCUT2D eigenvalue weighted by Crippen LogP contribution is 2.32. The Hall–Kier alpha value is -2.73. The van der Waals surface area contributed by atoms with Gasteiger partial charge in [0.25, 0.3) is 0 Å². The zero-order valence-electron chi connectivity index (χ0n) is 13.7. The molecule has 0 saturated heterocycles. The summed E-state index contributed by atoms with van der Waals surface area (Å²) in [7, 11) is 3.15. The van der Waals surface area contributed by atoms with E-state index < -0.39 is 5.82 Å². The maximum atomic E-state index is 13.2. The predicted octanol–water partition coefficient (Wildman–Crippen LogP) is 4.09. The highest BCUT2D eigenvalue weighted by atomic mass is 35.5. The smallest absolute Gasteiger partial charge is 0.244 e. The number of methoxy groups -OCH3 is 2. The molecule has 0 aliphatic carbocycles. The molecule has 0 spiro atoms. The summed E-state index contributed by atoms with van der Waals surface area (Å²) in [6.45, 7) is 0.0782.